The van der Waals surface area contributed by atoms with E-state index in [1.54, 1.807) is 28.4 Å². The maximum atomic E-state index is 13.2. The van der Waals surface area contributed by atoms with Crippen LogP contribution in [0.5, 0.6) is 23.0 Å². The van der Waals surface area contributed by atoms with Crippen LogP contribution in [-0.2, 0) is 14.3 Å². The van der Waals surface area contributed by atoms with Crippen LogP contribution in [-0.4, -0.2) is 47.8 Å². The topological polar surface area (TPSA) is 72.5 Å². The summed E-state index contributed by atoms with van der Waals surface area (Å²) in [6.07, 6.45) is 6.20. The highest BCUT2D eigenvalue weighted by Gasteiger charge is 2.21. The largest absolute Gasteiger partial charge is 0.493 e. The third-order valence-corrected chi connectivity index (χ3v) is 5.20. The van der Waals surface area contributed by atoms with Gasteiger partial charge in [0.25, 0.3) is 0 Å². The van der Waals surface area contributed by atoms with E-state index >= 15 is 0 Å². The number of Topliss-reactive ketones (excluding diaryl/α,β-unsaturated/α-hetero) is 1. The number of carbonyl (C=O) groups is 1. The van der Waals surface area contributed by atoms with Crippen LogP contribution in [0.4, 0.5) is 0 Å². The van der Waals surface area contributed by atoms with Crippen molar-refractivity contribution >= 4 is 17.9 Å². The van der Waals surface area contributed by atoms with Crippen molar-refractivity contribution in [3.8, 4) is 23.0 Å². The average Bonchev–Trinajstić information content (AvgIpc) is 2.84. The summed E-state index contributed by atoms with van der Waals surface area (Å²) in [5.74, 6) is 2.40. The lowest BCUT2D eigenvalue weighted by Crippen LogP contribution is -2.12. The molecule has 1 aliphatic rings. The molecule has 0 heterocycles. The van der Waals surface area contributed by atoms with Gasteiger partial charge in [0.2, 0.25) is 0 Å². The van der Waals surface area contributed by atoms with Gasteiger partial charge in [-0.1, -0.05) is 12.1 Å². The lowest BCUT2D eigenvalue weighted by molar-refractivity contribution is -0.112. The second-order valence-corrected chi connectivity index (χ2v) is 7.44. The number of hydrogen-bond acceptors (Lipinski definition) is 7. The predicted octanol–water partition coefficient (Wildman–Crippen LogP) is 4.89. The minimum Gasteiger partial charge on any atom is -0.493 e. The summed E-state index contributed by atoms with van der Waals surface area (Å²) in [6.45, 7) is 0.265. The molecule has 0 saturated heterocycles. The third-order valence-electron chi connectivity index (χ3n) is 5.20. The van der Waals surface area contributed by atoms with Gasteiger partial charge in [0.1, 0.15) is 0 Å². The van der Waals surface area contributed by atoms with E-state index in [4.69, 9.17) is 28.4 Å². The third kappa shape index (κ3) is 6.37. The molecular weight excluding hydrogens is 424 g/mol. The molecule has 0 aromatic heterocycles. The molecule has 0 spiro atoms. The van der Waals surface area contributed by atoms with Crippen LogP contribution in [0.2, 0.25) is 0 Å². The van der Waals surface area contributed by atoms with Gasteiger partial charge in [0.05, 0.1) is 14.2 Å². The van der Waals surface area contributed by atoms with Gasteiger partial charge < -0.3 is 28.4 Å². The second kappa shape index (κ2) is 12.1. The lowest BCUT2D eigenvalue weighted by Gasteiger charge is -2.17. The average molecular weight is 455 g/mol. The molecule has 0 N–H and O–H groups in total. The predicted molar refractivity (Wildman–Crippen MR) is 126 cm³/mol. The van der Waals surface area contributed by atoms with Crippen molar-refractivity contribution in [1.82, 2.24) is 0 Å². The minimum absolute atomic E-state index is 0.0543. The fraction of sp³-hybridized carbons (Fsp3) is 0.346. The Bertz CT molecular complexity index is 944. The van der Waals surface area contributed by atoms with Crippen LogP contribution in [0, 0.1) is 0 Å². The van der Waals surface area contributed by atoms with Crippen LogP contribution in [0.25, 0.3) is 12.2 Å². The van der Waals surface area contributed by atoms with E-state index in [1.165, 1.54) is 0 Å². The highest BCUT2D eigenvalue weighted by molar-refractivity contribution is 6.14. The van der Waals surface area contributed by atoms with E-state index in [0.717, 1.165) is 41.5 Å². The first kappa shape index (κ1) is 24.4. The van der Waals surface area contributed by atoms with Crippen molar-refractivity contribution in [3.63, 3.8) is 0 Å². The van der Waals surface area contributed by atoms with Crippen LogP contribution in [0.1, 0.15) is 30.4 Å². The number of hydrogen-bond donors (Lipinski definition) is 0. The Kier molecular flexibility index (Phi) is 8.92. The first-order valence-electron chi connectivity index (χ1n) is 10.6. The Morgan fingerprint density at radius 2 is 1.15 bits per heavy atom. The van der Waals surface area contributed by atoms with E-state index in [1.807, 2.05) is 48.6 Å². The molecule has 0 bridgehead atoms. The zero-order chi connectivity index (χ0) is 23.6. The van der Waals surface area contributed by atoms with Gasteiger partial charge in [-0.3, -0.25) is 4.79 Å². The van der Waals surface area contributed by atoms with Crippen LogP contribution in [0.15, 0.2) is 47.5 Å². The van der Waals surface area contributed by atoms with Gasteiger partial charge in [-0.2, -0.15) is 0 Å². The Labute approximate surface area is 194 Å². The van der Waals surface area contributed by atoms with Crippen LogP contribution < -0.4 is 18.9 Å². The molecule has 7 nitrogen and oxygen atoms in total. The minimum atomic E-state index is 0.0543. The quantitative estimate of drug-likeness (QED) is 0.374. The van der Waals surface area contributed by atoms with E-state index in [2.05, 4.69) is 0 Å². The van der Waals surface area contributed by atoms with Gasteiger partial charge in [-0.05, 0) is 66.8 Å². The molecule has 0 radical (unpaired) electrons. The Hall–Kier alpha value is -3.29. The van der Waals surface area contributed by atoms with Crippen LogP contribution in [0.3, 0.4) is 0 Å². The molecule has 2 aromatic rings. The zero-order valence-corrected chi connectivity index (χ0v) is 19.5. The van der Waals surface area contributed by atoms with Crippen molar-refractivity contribution in [2.45, 2.75) is 19.3 Å². The summed E-state index contributed by atoms with van der Waals surface area (Å²) in [5, 5.41) is 0. The number of carbonyl (C=O) groups excluding carboxylic acids is 1. The van der Waals surface area contributed by atoms with Gasteiger partial charge in [-0.25, -0.2) is 0 Å². The summed E-state index contributed by atoms with van der Waals surface area (Å²) in [4.78, 5) is 13.2. The lowest BCUT2D eigenvalue weighted by atomic mass is 9.87. The van der Waals surface area contributed by atoms with Crippen LogP contribution >= 0.6 is 0 Å². The van der Waals surface area contributed by atoms with E-state index in [9.17, 15) is 4.79 Å². The number of rotatable bonds is 10. The molecule has 1 fully saturated rings. The summed E-state index contributed by atoms with van der Waals surface area (Å²) < 4.78 is 31.7. The van der Waals surface area contributed by atoms with E-state index in [0.29, 0.717) is 23.0 Å². The number of allylic oxidation sites excluding steroid dienone is 2. The van der Waals surface area contributed by atoms with Gasteiger partial charge in [0, 0.05) is 25.4 Å². The summed E-state index contributed by atoms with van der Waals surface area (Å²) in [5.41, 5.74) is 3.30. The molecule has 0 atom stereocenters. The molecule has 1 aliphatic carbocycles. The highest BCUT2D eigenvalue weighted by atomic mass is 16.7. The first-order chi connectivity index (χ1) is 16.1. The second-order valence-electron chi connectivity index (χ2n) is 7.44. The first-order valence-corrected chi connectivity index (χ1v) is 10.6. The summed E-state index contributed by atoms with van der Waals surface area (Å²) in [6, 6.07) is 11.1. The maximum absolute atomic E-state index is 13.2. The smallest absolute Gasteiger partial charge is 0.188 e. The Morgan fingerprint density at radius 1 is 0.697 bits per heavy atom. The SMILES string of the molecule is COCOc1ccc(/C=C2/CCC/C(=C\c3ccc(OCOC)c(OC)c3)C2=O)cc1OC. The Balaban J connectivity index is 1.82. The molecule has 3 rings (SSSR count). The number of benzene rings is 2. The maximum Gasteiger partial charge on any atom is 0.188 e. The molecular formula is C26H30O7. The van der Waals surface area contributed by atoms with Crippen molar-refractivity contribution in [1.29, 1.82) is 0 Å². The fourth-order valence-electron chi connectivity index (χ4n) is 3.61. The molecule has 0 aliphatic heterocycles. The van der Waals surface area contributed by atoms with Crippen molar-refractivity contribution in [3.05, 3.63) is 58.7 Å². The highest BCUT2D eigenvalue weighted by Crippen LogP contribution is 2.33. The van der Waals surface area contributed by atoms with Crippen molar-refractivity contribution < 1.29 is 33.2 Å². The Morgan fingerprint density at radius 3 is 1.55 bits per heavy atom. The molecule has 33 heavy (non-hydrogen) atoms. The fourth-order valence-corrected chi connectivity index (χ4v) is 3.61. The van der Waals surface area contributed by atoms with E-state index in [-0.39, 0.29) is 19.4 Å². The molecule has 0 unspecified atom stereocenters. The summed E-state index contributed by atoms with van der Waals surface area (Å²) in [7, 11) is 6.28. The summed E-state index contributed by atoms with van der Waals surface area (Å²) >= 11 is 0. The standard InChI is InChI=1S/C26H30O7/c1-28-16-32-22-10-8-18(14-24(22)30-3)12-20-6-5-7-21(26(20)27)13-19-9-11-23(33-17-29-2)25(15-19)31-4/h8-15H,5-7,16-17H2,1-4H3/b20-12-,21-13+. The molecule has 0 amide bonds. The molecule has 1 saturated carbocycles. The van der Waals surface area contributed by atoms with Crippen molar-refractivity contribution in [2.75, 3.05) is 42.0 Å². The monoisotopic (exact) mass is 454 g/mol. The molecule has 176 valence electrons. The normalized spacial score (nSPS) is 16.2. The molecule has 2 aromatic carbocycles. The molecule has 7 heteroatoms. The van der Waals surface area contributed by atoms with Gasteiger partial charge in [-0.15, -0.1) is 0 Å². The number of ketones is 1. The number of methoxy groups -OCH3 is 4. The van der Waals surface area contributed by atoms with Gasteiger partial charge in [0.15, 0.2) is 42.4 Å². The zero-order valence-electron chi connectivity index (χ0n) is 19.5. The van der Waals surface area contributed by atoms with Crippen molar-refractivity contribution in [2.24, 2.45) is 0 Å². The number of ether oxygens (including phenoxy) is 6. The van der Waals surface area contributed by atoms with E-state index < -0.39 is 0 Å². The van der Waals surface area contributed by atoms with Gasteiger partial charge >= 0.3 is 0 Å².